The second-order valence-corrected chi connectivity index (χ2v) is 6.17. The molecule has 0 heterocycles. The molecule has 0 amide bonds. The number of anilines is 1. The first-order valence-electron chi connectivity index (χ1n) is 9.27. The smallest absolute Gasteiger partial charge is 0.127 e. The summed E-state index contributed by atoms with van der Waals surface area (Å²) >= 11 is 0. The fourth-order valence-corrected chi connectivity index (χ4v) is 2.55. The lowest BCUT2D eigenvalue weighted by Crippen LogP contribution is -1.98. The van der Waals surface area contributed by atoms with Crippen molar-refractivity contribution in [2.75, 3.05) is 18.6 Å². The molecule has 5 heteroatoms. The van der Waals surface area contributed by atoms with E-state index in [1.54, 1.807) is 30.5 Å². The molecule has 0 aliphatic rings. The minimum atomic E-state index is -0.398. The number of alkyl halides is 1. The maximum Gasteiger partial charge on any atom is 0.127 e. The number of nitriles is 1. The zero-order valence-corrected chi connectivity index (χ0v) is 15.8. The number of nitrogens with one attached hydrogen (secondary N) is 1. The van der Waals surface area contributed by atoms with Gasteiger partial charge in [-0.25, -0.2) is 0 Å². The van der Waals surface area contributed by atoms with Crippen LogP contribution in [0.2, 0.25) is 0 Å². The summed E-state index contributed by atoms with van der Waals surface area (Å²) in [5.41, 5.74) is 2.09. The zero-order valence-electron chi connectivity index (χ0n) is 15.8. The Labute approximate surface area is 169 Å². The number of allylic oxidation sites excluding steroid dienone is 1. The Morgan fingerprint density at radius 3 is 2.21 bits per heavy atom. The Kier molecular flexibility index (Phi) is 7.25. The summed E-state index contributed by atoms with van der Waals surface area (Å²) in [5.74, 6) is 2.16. The van der Waals surface area contributed by atoms with Crippen molar-refractivity contribution in [1.29, 1.82) is 5.26 Å². The molecule has 0 saturated heterocycles. The van der Waals surface area contributed by atoms with E-state index in [0.29, 0.717) is 24.4 Å². The standard InChI is InChI=1S/C24H21FN2O2/c25-15-4-16-28-22-11-7-19(8-12-22)20(17-26)18-27-21-9-13-24(14-10-21)29-23-5-2-1-3-6-23/h1-3,5-14,18,27H,4,15-16H2. The van der Waals surface area contributed by atoms with E-state index in [4.69, 9.17) is 9.47 Å². The molecule has 0 saturated carbocycles. The van der Waals surface area contributed by atoms with Crippen LogP contribution in [-0.4, -0.2) is 13.3 Å². The van der Waals surface area contributed by atoms with Crippen LogP contribution in [0.4, 0.5) is 10.1 Å². The van der Waals surface area contributed by atoms with E-state index < -0.39 is 6.67 Å². The second kappa shape index (κ2) is 10.5. The quantitative estimate of drug-likeness (QED) is 0.351. The molecule has 3 aromatic rings. The van der Waals surface area contributed by atoms with Gasteiger partial charge in [0, 0.05) is 18.3 Å². The summed E-state index contributed by atoms with van der Waals surface area (Å²) in [6.45, 7) is -0.0627. The summed E-state index contributed by atoms with van der Waals surface area (Å²) in [6, 6.07) is 26.4. The SMILES string of the molecule is N#CC(=CNc1ccc(Oc2ccccc2)cc1)c1ccc(OCCCF)cc1. The van der Waals surface area contributed by atoms with Crippen molar-refractivity contribution in [1.82, 2.24) is 0 Å². The first kappa shape index (κ1) is 20.0. The van der Waals surface area contributed by atoms with Crippen molar-refractivity contribution < 1.29 is 13.9 Å². The summed E-state index contributed by atoms with van der Waals surface area (Å²) in [7, 11) is 0. The van der Waals surface area contributed by atoms with Crippen LogP contribution in [0, 0.1) is 11.3 Å². The molecule has 0 unspecified atom stereocenters. The number of benzene rings is 3. The molecule has 1 N–H and O–H groups in total. The molecule has 3 aromatic carbocycles. The third-order valence-corrected chi connectivity index (χ3v) is 4.05. The summed E-state index contributed by atoms with van der Waals surface area (Å²) in [4.78, 5) is 0. The molecule has 0 aliphatic carbocycles. The zero-order chi connectivity index (χ0) is 20.3. The van der Waals surface area contributed by atoms with Crippen LogP contribution in [-0.2, 0) is 0 Å². The van der Waals surface area contributed by atoms with Crippen LogP contribution >= 0.6 is 0 Å². The molecule has 4 nitrogen and oxygen atoms in total. The molecule has 29 heavy (non-hydrogen) atoms. The first-order chi connectivity index (χ1) is 14.3. The highest BCUT2D eigenvalue weighted by Gasteiger charge is 2.02. The third kappa shape index (κ3) is 6.12. The average molecular weight is 388 g/mol. The maximum atomic E-state index is 12.1. The molecule has 3 rings (SSSR count). The van der Waals surface area contributed by atoms with E-state index in [0.717, 1.165) is 22.7 Å². The fraction of sp³-hybridized carbons (Fsp3) is 0.125. The highest BCUT2D eigenvalue weighted by Crippen LogP contribution is 2.23. The van der Waals surface area contributed by atoms with E-state index in [-0.39, 0.29) is 0 Å². The Morgan fingerprint density at radius 1 is 0.897 bits per heavy atom. The van der Waals surface area contributed by atoms with Crippen LogP contribution in [0.15, 0.2) is 85.1 Å². The minimum absolute atomic E-state index is 0.336. The number of rotatable bonds is 9. The van der Waals surface area contributed by atoms with E-state index >= 15 is 0 Å². The molecule has 0 fully saturated rings. The predicted octanol–water partition coefficient (Wildman–Crippen LogP) is 6.19. The number of para-hydroxylation sites is 1. The van der Waals surface area contributed by atoms with Crippen molar-refractivity contribution in [3.05, 3.63) is 90.6 Å². The molecule has 0 atom stereocenters. The molecule has 0 spiro atoms. The van der Waals surface area contributed by atoms with Gasteiger partial charge in [-0.05, 0) is 66.2 Å². The Bertz CT molecular complexity index is 963. The van der Waals surface area contributed by atoms with Crippen LogP contribution in [0.5, 0.6) is 17.2 Å². The number of halogens is 1. The Balaban J connectivity index is 1.60. The lowest BCUT2D eigenvalue weighted by molar-refractivity contribution is 0.289. The highest BCUT2D eigenvalue weighted by molar-refractivity contribution is 5.78. The molecular formula is C24H21FN2O2. The van der Waals surface area contributed by atoms with Gasteiger partial charge in [0.05, 0.1) is 18.9 Å². The van der Waals surface area contributed by atoms with Gasteiger partial charge in [0.15, 0.2) is 0 Å². The van der Waals surface area contributed by atoms with E-state index in [1.807, 2.05) is 54.6 Å². The van der Waals surface area contributed by atoms with Gasteiger partial charge in [0.2, 0.25) is 0 Å². The number of hydrogen-bond donors (Lipinski definition) is 1. The lowest BCUT2D eigenvalue weighted by Gasteiger charge is -2.08. The normalized spacial score (nSPS) is 10.8. The first-order valence-corrected chi connectivity index (χ1v) is 9.27. The van der Waals surface area contributed by atoms with E-state index in [9.17, 15) is 9.65 Å². The molecule has 0 radical (unpaired) electrons. The average Bonchev–Trinajstić information content (AvgIpc) is 2.77. The van der Waals surface area contributed by atoms with Gasteiger partial charge in [-0.15, -0.1) is 0 Å². The van der Waals surface area contributed by atoms with Gasteiger partial charge >= 0.3 is 0 Å². The Hall–Kier alpha value is -3.78. The lowest BCUT2D eigenvalue weighted by atomic mass is 10.1. The van der Waals surface area contributed by atoms with Gasteiger partial charge < -0.3 is 14.8 Å². The predicted molar refractivity (Wildman–Crippen MR) is 113 cm³/mol. The minimum Gasteiger partial charge on any atom is -0.493 e. The molecule has 0 aliphatic heterocycles. The number of hydrogen-bond acceptors (Lipinski definition) is 4. The van der Waals surface area contributed by atoms with Gasteiger partial charge in [-0.3, -0.25) is 4.39 Å². The summed E-state index contributed by atoms with van der Waals surface area (Å²) < 4.78 is 23.3. The topological polar surface area (TPSA) is 54.3 Å². The Morgan fingerprint density at radius 2 is 1.55 bits per heavy atom. The summed E-state index contributed by atoms with van der Waals surface area (Å²) in [6.07, 6.45) is 2.02. The van der Waals surface area contributed by atoms with Crippen molar-refractivity contribution in [2.45, 2.75) is 6.42 Å². The molecular weight excluding hydrogens is 367 g/mol. The number of nitrogens with zero attached hydrogens (tertiary/aromatic N) is 1. The van der Waals surface area contributed by atoms with Gasteiger partial charge in [0.25, 0.3) is 0 Å². The monoisotopic (exact) mass is 388 g/mol. The van der Waals surface area contributed by atoms with Crippen LogP contribution in [0.25, 0.3) is 5.57 Å². The van der Waals surface area contributed by atoms with Crippen molar-refractivity contribution in [3.63, 3.8) is 0 Å². The van der Waals surface area contributed by atoms with Gasteiger partial charge in [0.1, 0.15) is 23.3 Å². The van der Waals surface area contributed by atoms with E-state index in [1.165, 1.54) is 0 Å². The van der Waals surface area contributed by atoms with Crippen molar-refractivity contribution >= 4 is 11.3 Å². The van der Waals surface area contributed by atoms with E-state index in [2.05, 4.69) is 11.4 Å². The van der Waals surface area contributed by atoms with Crippen molar-refractivity contribution in [3.8, 4) is 23.3 Å². The highest BCUT2D eigenvalue weighted by atomic mass is 19.1. The largest absolute Gasteiger partial charge is 0.493 e. The number of ether oxygens (including phenoxy) is 2. The molecule has 0 bridgehead atoms. The second-order valence-electron chi connectivity index (χ2n) is 6.17. The molecule has 146 valence electrons. The van der Waals surface area contributed by atoms with Crippen LogP contribution in [0.3, 0.4) is 0 Å². The van der Waals surface area contributed by atoms with Gasteiger partial charge in [-0.1, -0.05) is 18.2 Å². The van der Waals surface area contributed by atoms with Gasteiger partial charge in [-0.2, -0.15) is 5.26 Å². The summed E-state index contributed by atoms with van der Waals surface area (Å²) in [5, 5.41) is 12.6. The van der Waals surface area contributed by atoms with Crippen LogP contribution < -0.4 is 14.8 Å². The molecule has 0 aromatic heterocycles. The maximum absolute atomic E-state index is 12.1. The van der Waals surface area contributed by atoms with Crippen LogP contribution in [0.1, 0.15) is 12.0 Å². The van der Waals surface area contributed by atoms with Crippen molar-refractivity contribution in [2.24, 2.45) is 0 Å². The third-order valence-electron chi connectivity index (χ3n) is 4.05. The fourth-order valence-electron chi connectivity index (χ4n) is 2.55.